The predicted molar refractivity (Wildman–Crippen MR) is 191 cm³/mol. The van der Waals surface area contributed by atoms with E-state index in [-0.39, 0.29) is 53.8 Å². The molecule has 49 heavy (non-hydrogen) atoms. The molecule has 3 saturated heterocycles. The van der Waals surface area contributed by atoms with Crippen molar-refractivity contribution in [2.45, 2.75) is 135 Å². The number of hydrogen-bond acceptors (Lipinski definition) is 7. The molecule has 3 unspecified atom stereocenters. The first kappa shape index (κ1) is 37.3. The summed E-state index contributed by atoms with van der Waals surface area (Å²) >= 11 is 0. The van der Waals surface area contributed by atoms with E-state index in [1.165, 1.54) is 5.56 Å². The smallest absolute Gasteiger partial charge is 0.329 e. The van der Waals surface area contributed by atoms with Gasteiger partial charge >= 0.3 is 5.97 Å². The van der Waals surface area contributed by atoms with Crippen LogP contribution in [-0.4, -0.2) is 114 Å². The summed E-state index contributed by atoms with van der Waals surface area (Å²) < 4.78 is 6.12. The van der Waals surface area contributed by atoms with Crippen LogP contribution in [0.2, 0.25) is 0 Å². The molecule has 1 aromatic carbocycles. The molecular weight excluding hydrogens is 618 g/mol. The molecule has 10 nitrogen and oxygen atoms in total. The van der Waals surface area contributed by atoms with Crippen molar-refractivity contribution in [3.05, 3.63) is 35.4 Å². The van der Waals surface area contributed by atoms with Crippen LogP contribution in [-0.2, 0) is 30.3 Å². The van der Waals surface area contributed by atoms with Crippen molar-refractivity contribution in [1.82, 2.24) is 24.9 Å². The van der Waals surface area contributed by atoms with Gasteiger partial charge in [0.2, 0.25) is 17.7 Å². The summed E-state index contributed by atoms with van der Waals surface area (Å²) in [5, 5.41) is 3.15. The lowest BCUT2D eigenvalue weighted by Crippen LogP contribution is -2.61. The molecule has 272 valence electrons. The summed E-state index contributed by atoms with van der Waals surface area (Å²) in [5.41, 5.74) is 1.85. The SMILES string of the molecule is CC(C)[C@@H](CN1CCCC1C(=O)N1CCCC1C(=O)O[C@@H]1CCCc2ccccc21)N(C)C(=O)[C@@H](NC(=O)C1CCCCN1C)C(C)(C)C. The second kappa shape index (κ2) is 15.9. The molecule has 10 heteroatoms. The van der Waals surface area contributed by atoms with Crippen LogP contribution in [0.3, 0.4) is 0 Å². The van der Waals surface area contributed by atoms with Gasteiger partial charge in [0.05, 0.1) is 12.1 Å². The van der Waals surface area contributed by atoms with Crippen molar-refractivity contribution < 1.29 is 23.9 Å². The van der Waals surface area contributed by atoms with Gasteiger partial charge in [-0.15, -0.1) is 0 Å². The highest BCUT2D eigenvalue weighted by Crippen LogP contribution is 2.34. The number of hydrogen-bond donors (Lipinski definition) is 1. The van der Waals surface area contributed by atoms with E-state index in [0.29, 0.717) is 19.5 Å². The van der Waals surface area contributed by atoms with E-state index in [9.17, 15) is 19.2 Å². The number of rotatable bonds is 10. The van der Waals surface area contributed by atoms with E-state index in [2.05, 4.69) is 41.1 Å². The summed E-state index contributed by atoms with van der Waals surface area (Å²) in [6.45, 7) is 13.0. The minimum atomic E-state index is -0.676. The number of carbonyl (C=O) groups is 4. The molecular formula is C39H61N5O5. The van der Waals surface area contributed by atoms with Crippen LogP contribution in [0.1, 0.15) is 110 Å². The van der Waals surface area contributed by atoms with Gasteiger partial charge in [-0.25, -0.2) is 4.79 Å². The molecule has 3 aliphatic heterocycles. The summed E-state index contributed by atoms with van der Waals surface area (Å²) in [7, 11) is 3.82. The molecule has 1 aliphatic carbocycles. The Hall–Kier alpha value is -2.98. The molecule has 1 N–H and O–H groups in total. The van der Waals surface area contributed by atoms with Gasteiger partial charge in [-0.3, -0.25) is 24.2 Å². The number of carbonyl (C=O) groups excluding carboxylic acids is 4. The monoisotopic (exact) mass is 679 g/mol. The summed E-state index contributed by atoms with van der Waals surface area (Å²) in [5.74, 6) is -0.363. The van der Waals surface area contributed by atoms with Crippen LogP contribution in [0.15, 0.2) is 24.3 Å². The summed E-state index contributed by atoms with van der Waals surface area (Å²) in [4.78, 5) is 63.4. The normalized spacial score (nSPS) is 26.2. The minimum absolute atomic E-state index is 0.00564. The lowest BCUT2D eigenvalue weighted by Gasteiger charge is -2.41. The Kier molecular flexibility index (Phi) is 12.1. The number of amides is 3. The molecule has 1 aromatic rings. The van der Waals surface area contributed by atoms with Gasteiger partial charge in [-0.1, -0.05) is 65.3 Å². The second-order valence-corrected chi connectivity index (χ2v) is 16.4. The Balaban J connectivity index is 1.25. The molecule has 5 rings (SSSR count). The zero-order chi connectivity index (χ0) is 35.5. The summed E-state index contributed by atoms with van der Waals surface area (Å²) in [6.07, 6.45) is 8.42. The minimum Gasteiger partial charge on any atom is -0.456 e. The van der Waals surface area contributed by atoms with Crippen LogP contribution in [0, 0.1) is 11.3 Å². The molecule has 4 aliphatic rings. The van der Waals surface area contributed by atoms with Crippen LogP contribution >= 0.6 is 0 Å². The molecule has 0 aromatic heterocycles. The molecule has 0 saturated carbocycles. The number of piperidine rings is 1. The Morgan fingerprint density at radius 3 is 2.31 bits per heavy atom. The Morgan fingerprint density at radius 2 is 1.59 bits per heavy atom. The Bertz CT molecular complexity index is 1340. The van der Waals surface area contributed by atoms with Crippen LogP contribution in [0.25, 0.3) is 0 Å². The van der Waals surface area contributed by atoms with Crippen molar-refractivity contribution in [3.63, 3.8) is 0 Å². The van der Waals surface area contributed by atoms with Gasteiger partial charge in [0.1, 0.15) is 18.2 Å². The predicted octanol–water partition coefficient (Wildman–Crippen LogP) is 4.56. The molecule has 0 bridgehead atoms. The number of aryl methyl sites for hydroxylation is 1. The van der Waals surface area contributed by atoms with Gasteiger partial charge in [0.25, 0.3) is 0 Å². The third-order valence-electron chi connectivity index (χ3n) is 11.5. The number of esters is 1. The van der Waals surface area contributed by atoms with Crippen molar-refractivity contribution in [2.75, 3.05) is 40.3 Å². The molecule has 0 radical (unpaired) electrons. The van der Waals surface area contributed by atoms with Crippen molar-refractivity contribution in [1.29, 1.82) is 0 Å². The van der Waals surface area contributed by atoms with Crippen LogP contribution in [0.4, 0.5) is 0 Å². The maximum atomic E-state index is 14.2. The fourth-order valence-corrected chi connectivity index (χ4v) is 8.52. The van der Waals surface area contributed by atoms with Crippen molar-refractivity contribution in [3.8, 4) is 0 Å². The standard InChI is InChI=1S/C39H61N5O5/c1-26(2)32(42(7)37(47)34(39(3,4)5)40-35(45)29-18-10-11-22-41(29)6)25-43-23-13-19-30(43)36(46)44-24-14-20-31(44)38(48)49-33-21-12-16-27-15-8-9-17-28(27)33/h8-9,15,17,26,29-34H,10-14,16,18-25H2,1-7H3,(H,40,45)/t29?,30?,31?,32-,33-,34-/m1/s1. The Labute approximate surface area is 294 Å². The molecule has 0 spiro atoms. The largest absolute Gasteiger partial charge is 0.456 e. The lowest BCUT2D eigenvalue weighted by atomic mass is 9.84. The Morgan fingerprint density at radius 1 is 0.898 bits per heavy atom. The third kappa shape index (κ3) is 8.50. The zero-order valence-electron chi connectivity index (χ0n) is 31.1. The van der Waals surface area contributed by atoms with Crippen LogP contribution in [0.5, 0.6) is 0 Å². The third-order valence-corrected chi connectivity index (χ3v) is 11.5. The number of nitrogens with one attached hydrogen (secondary N) is 1. The highest BCUT2D eigenvalue weighted by atomic mass is 16.5. The first-order valence-electron chi connectivity index (χ1n) is 18.9. The van der Waals surface area contributed by atoms with E-state index < -0.39 is 17.5 Å². The van der Waals surface area contributed by atoms with E-state index in [0.717, 1.165) is 76.4 Å². The maximum absolute atomic E-state index is 14.2. The second-order valence-electron chi connectivity index (χ2n) is 16.4. The van der Waals surface area contributed by atoms with Gasteiger partial charge in [-0.05, 0) is 100 Å². The van der Waals surface area contributed by atoms with Crippen molar-refractivity contribution in [2.24, 2.45) is 11.3 Å². The fourth-order valence-electron chi connectivity index (χ4n) is 8.52. The number of nitrogens with zero attached hydrogens (tertiary/aromatic N) is 4. The number of likely N-dealkylation sites (N-methyl/N-ethyl adjacent to an activating group) is 2. The first-order valence-corrected chi connectivity index (χ1v) is 18.9. The number of ether oxygens (including phenoxy) is 1. The average Bonchev–Trinajstić information content (AvgIpc) is 3.75. The highest BCUT2D eigenvalue weighted by molar-refractivity contribution is 5.91. The number of likely N-dealkylation sites (tertiary alicyclic amines) is 3. The van der Waals surface area contributed by atoms with E-state index in [1.807, 2.05) is 51.9 Å². The number of fused-ring (bicyclic) bond motifs is 1. The molecule has 3 heterocycles. The lowest BCUT2D eigenvalue weighted by molar-refractivity contribution is -0.160. The summed E-state index contributed by atoms with van der Waals surface area (Å²) in [6, 6.07) is 6.23. The van der Waals surface area contributed by atoms with E-state index in [4.69, 9.17) is 4.74 Å². The molecule has 3 amide bonds. The van der Waals surface area contributed by atoms with E-state index in [1.54, 1.807) is 4.90 Å². The molecule has 3 fully saturated rings. The molecule has 6 atom stereocenters. The van der Waals surface area contributed by atoms with Gasteiger partial charge in [-0.2, -0.15) is 0 Å². The van der Waals surface area contributed by atoms with Crippen LogP contribution < -0.4 is 5.32 Å². The first-order chi connectivity index (χ1) is 23.3. The fraction of sp³-hybridized carbons (Fsp3) is 0.744. The quantitative estimate of drug-likeness (QED) is 0.362. The highest BCUT2D eigenvalue weighted by Gasteiger charge is 2.44. The average molecular weight is 680 g/mol. The van der Waals surface area contributed by atoms with Gasteiger partial charge < -0.3 is 19.9 Å². The van der Waals surface area contributed by atoms with Gasteiger partial charge in [0.15, 0.2) is 0 Å². The van der Waals surface area contributed by atoms with Gasteiger partial charge in [0, 0.05) is 26.2 Å². The topological polar surface area (TPSA) is 103 Å². The van der Waals surface area contributed by atoms with E-state index >= 15 is 0 Å². The maximum Gasteiger partial charge on any atom is 0.329 e. The number of benzene rings is 1. The zero-order valence-corrected chi connectivity index (χ0v) is 31.1. The van der Waals surface area contributed by atoms with Crippen molar-refractivity contribution >= 4 is 23.7 Å².